The Hall–Kier alpha value is -3.37. The summed E-state index contributed by atoms with van der Waals surface area (Å²) in [7, 11) is 0. The largest absolute Gasteiger partial charge is 0.433 e. The van der Waals surface area contributed by atoms with Crippen molar-refractivity contribution in [3.63, 3.8) is 0 Å². The quantitative estimate of drug-likeness (QED) is 0.458. The van der Waals surface area contributed by atoms with Crippen LogP contribution in [0, 0.1) is 17.7 Å². The van der Waals surface area contributed by atoms with Gasteiger partial charge in [0.05, 0.1) is 6.04 Å². The molecule has 2 unspecified atom stereocenters. The van der Waals surface area contributed by atoms with Gasteiger partial charge in [0, 0.05) is 37.1 Å². The number of piperidine rings is 1. The molecule has 0 spiro atoms. The molecule has 0 radical (unpaired) electrons. The molecule has 1 aromatic carbocycles. The highest BCUT2D eigenvalue weighted by atomic mass is 19.4. The first-order valence-corrected chi connectivity index (χ1v) is 11.6. The number of aromatic nitrogens is 4. The first-order chi connectivity index (χ1) is 16.7. The molecular formula is C24H26F4N6O. The summed E-state index contributed by atoms with van der Waals surface area (Å²) in [4.78, 5) is 10.00. The van der Waals surface area contributed by atoms with Crippen LogP contribution in [-0.4, -0.2) is 38.9 Å². The highest BCUT2D eigenvalue weighted by Crippen LogP contribution is 2.41. The summed E-state index contributed by atoms with van der Waals surface area (Å²) >= 11 is 0. The van der Waals surface area contributed by atoms with Crippen LogP contribution in [0.25, 0.3) is 0 Å². The number of pyridine rings is 1. The van der Waals surface area contributed by atoms with Crippen molar-refractivity contribution < 1.29 is 22.3 Å². The second kappa shape index (κ2) is 9.01. The fourth-order valence-corrected chi connectivity index (χ4v) is 5.00. The van der Waals surface area contributed by atoms with Crippen LogP contribution in [-0.2, 0) is 6.18 Å². The van der Waals surface area contributed by atoms with E-state index in [1.54, 1.807) is 22.9 Å². The molecule has 1 aliphatic carbocycles. The summed E-state index contributed by atoms with van der Waals surface area (Å²) in [6, 6.07) is 8.90. The van der Waals surface area contributed by atoms with Gasteiger partial charge >= 0.3 is 12.2 Å². The van der Waals surface area contributed by atoms with Crippen LogP contribution in [0.1, 0.15) is 38.4 Å². The molecule has 35 heavy (non-hydrogen) atoms. The van der Waals surface area contributed by atoms with Gasteiger partial charge in [-0.3, -0.25) is 4.98 Å². The van der Waals surface area contributed by atoms with Gasteiger partial charge in [-0.25, -0.2) is 9.07 Å². The predicted octanol–water partition coefficient (Wildman–Crippen LogP) is 5.53. The fourth-order valence-electron chi connectivity index (χ4n) is 5.00. The molecule has 2 fully saturated rings. The Kier molecular flexibility index (Phi) is 6.02. The molecule has 2 aliphatic rings. The van der Waals surface area contributed by atoms with Crippen LogP contribution < -0.4 is 15.0 Å². The summed E-state index contributed by atoms with van der Waals surface area (Å²) in [5.74, 6) is 0.805. The van der Waals surface area contributed by atoms with Crippen molar-refractivity contribution in [2.75, 3.05) is 23.3 Å². The average Bonchev–Trinajstić information content (AvgIpc) is 3.29. The van der Waals surface area contributed by atoms with E-state index in [1.165, 1.54) is 18.3 Å². The second-order valence-electron chi connectivity index (χ2n) is 9.39. The van der Waals surface area contributed by atoms with Gasteiger partial charge in [0.15, 0.2) is 0 Å². The number of alkyl halides is 3. The summed E-state index contributed by atoms with van der Waals surface area (Å²) in [5.41, 5.74) is -0.340. The van der Waals surface area contributed by atoms with Crippen molar-refractivity contribution in [2.24, 2.45) is 11.8 Å². The van der Waals surface area contributed by atoms with Crippen LogP contribution in [0.2, 0.25) is 0 Å². The van der Waals surface area contributed by atoms with E-state index in [0.29, 0.717) is 30.5 Å². The third kappa shape index (κ3) is 4.89. The van der Waals surface area contributed by atoms with E-state index < -0.39 is 17.7 Å². The third-order valence-electron chi connectivity index (χ3n) is 6.62. The highest BCUT2D eigenvalue weighted by Gasteiger charge is 2.43. The number of hydrogen-bond acceptors (Lipinski definition) is 6. The first-order valence-electron chi connectivity index (χ1n) is 11.6. The van der Waals surface area contributed by atoms with Gasteiger partial charge in [-0.1, -0.05) is 6.07 Å². The average molecular weight is 491 g/mol. The summed E-state index contributed by atoms with van der Waals surface area (Å²) in [6.07, 6.45) is -1.32. The van der Waals surface area contributed by atoms with Gasteiger partial charge in [-0.15, -0.1) is 5.10 Å². The van der Waals surface area contributed by atoms with Crippen molar-refractivity contribution in [3.05, 3.63) is 54.1 Å². The van der Waals surface area contributed by atoms with Gasteiger partial charge in [0.25, 0.3) is 0 Å². The molecule has 3 aromatic rings. The molecule has 1 saturated carbocycles. The van der Waals surface area contributed by atoms with E-state index in [1.807, 2.05) is 18.7 Å². The normalized spacial score (nSPS) is 22.0. The number of benzene rings is 1. The lowest BCUT2D eigenvalue weighted by Crippen LogP contribution is -2.48. The van der Waals surface area contributed by atoms with Crippen LogP contribution in [0.15, 0.2) is 42.6 Å². The first kappa shape index (κ1) is 23.4. The minimum absolute atomic E-state index is 0.0327. The molecule has 1 aliphatic heterocycles. The maximum absolute atomic E-state index is 13.6. The molecule has 186 valence electrons. The lowest BCUT2D eigenvalue weighted by molar-refractivity contribution is -0.141. The third-order valence-corrected chi connectivity index (χ3v) is 6.62. The molecule has 3 heterocycles. The topological polar surface area (TPSA) is 68.1 Å². The monoisotopic (exact) mass is 490 g/mol. The lowest BCUT2D eigenvalue weighted by atomic mass is 9.92. The Morgan fingerprint density at radius 1 is 1.09 bits per heavy atom. The second-order valence-corrected chi connectivity index (χ2v) is 9.39. The molecule has 11 heteroatoms. The number of anilines is 2. The van der Waals surface area contributed by atoms with Crippen molar-refractivity contribution in [3.8, 4) is 11.8 Å². The smallest absolute Gasteiger partial charge is 0.424 e. The van der Waals surface area contributed by atoms with Crippen LogP contribution in [0.3, 0.4) is 0 Å². The Balaban J connectivity index is 1.31. The Labute approximate surface area is 200 Å². The van der Waals surface area contributed by atoms with Gasteiger partial charge in [0.1, 0.15) is 17.3 Å². The zero-order chi connectivity index (χ0) is 24.7. The minimum Gasteiger partial charge on any atom is -0.424 e. The van der Waals surface area contributed by atoms with Crippen molar-refractivity contribution >= 4 is 11.6 Å². The van der Waals surface area contributed by atoms with Crippen LogP contribution in [0.4, 0.5) is 29.2 Å². The molecule has 2 aromatic heterocycles. The molecule has 2 atom stereocenters. The zero-order valence-electron chi connectivity index (χ0n) is 19.3. The minimum atomic E-state index is -4.47. The Morgan fingerprint density at radius 2 is 1.83 bits per heavy atom. The summed E-state index contributed by atoms with van der Waals surface area (Å²) < 4.78 is 60.4. The van der Waals surface area contributed by atoms with E-state index in [4.69, 9.17) is 4.74 Å². The maximum Gasteiger partial charge on any atom is 0.433 e. The zero-order valence-corrected chi connectivity index (χ0v) is 19.3. The predicted molar refractivity (Wildman–Crippen MR) is 122 cm³/mol. The fraction of sp³-hybridized carbons (Fsp3) is 0.458. The number of hydrogen-bond donors (Lipinski definition) is 1. The molecule has 5 rings (SSSR count). The van der Waals surface area contributed by atoms with Gasteiger partial charge < -0.3 is 15.0 Å². The number of rotatable bonds is 6. The van der Waals surface area contributed by atoms with Gasteiger partial charge in [0.2, 0.25) is 5.95 Å². The number of nitrogens with one attached hydrogen (secondary N) is 1. The Morgan fingerprint density at radius 3 is 2.49 bits per heavy atom. The van der Waals surface area contributed by atoms with Crippen molar-refractivity contribution in [1.29, 1.82) is 0 Å². The summed E-state index contributed by atoms with van der Waals surface area (Å²) in [6.45, 7) is 5.16. The molecule has 0 amide bonds. The molecule has 1 N–H and O–H groups in total. The SMILES string of the molecule is CC(C)n1nc(NC2C3CCC2CN(c2ccnc(C(F)(F)F)c2)C3)nc1Oc1cccc(F)c1. The number of ether oxygens (including phenoxy) is 1. The molecule has 7 nitrogen and oxygen atoms in total. The van der Waals surface area contributed by atoms with Crippen LogP contribution >= 0.6 is 0 Å². The molecule has 1 saturated heterocycles. The number of nitrogens with zero attached hydrogens (tertiary/aromatic N) is 5. The van der Waals surface area contributed by atoms with Crippen LogP contribution in [0.5, 0.6) is 11.8 Å². The molecule has 2 bridgehead atoms. The van der Waals surface area contributed by atoms with E-state index in [9.17, 15) is 17.6 Å². The number of fused-ring (bicyclic) bond motifs is 2. The molecular weight excluding hydrogens is 464 g/mol. The lowest BCUT2D eigenvalue weighted by Gasteiger charge is -2.39. The standard InChI is InChI=1S/C24H26F4N6O/c1-14(2)34-23(35-19-5-3-4-17(25)10-19)31-22(32-34)30-21-15-6-7-16(21)13-33(12-15)18-8-9-29-20(11-18)24(26,27)28/h3-5,8-11,14-16,21H,6-7,12-13H2,1-2H3,(H,30,32). The Bertz CT molecular complexity index is 1180. The van der Waals surface area contributed by atoms with Crippen molar-refractivity contribution in [2.45, 2.75) is 44.9 Å². The van der Waals surface area contributed by atoms with E-state index >= 15 is 0 Å². The summed E-state index contributed by atoms with van der Waals surface area (Å²) in [5, 5.41) is 8.01. The van der Waals surface area contributed by atoms with Gasteiger partial charge in [-0.2, -0.15) is 18.2 Å². The van der Waals surface area contributed by atoms with E-state index in [-0.39, 0.29) is 29.9 Å². The van der Waals surface area contributed by atoms with Gasteiger partial charge in [-0.05, 0) is 62.8 Å². The number of halogens is 4. The highest BCUT2D eigenvalue weighted by molar-refractivity contribution is 5.49. The maximum atomic E-state index is 13.6. The van der Waals surface area contributed by atoms with E-state index in [2.05, 4.69) is 20.4 Å². The van der Waals surface area contributed by atoms with E-state index in [0.717, 1.165) is 18.9 Å². The van der Waals surface area contributed by atoms with Crippen molar-refractivity contribution in [1.82, 2.24) is 19.7 Å².